The van der Waals surface area contributed by atoms with Crippen molar-refractivity contribution in [2.45, 2.75) is 48.5 Å². The minimum atomic E-state index is 1.00. The molecule has 0 saturated carbocycles. The third-order valence-electron chi connectivity index (χ3n) is 1.70. The van der Waals surface area contributed by atoms with E-state index in [1.807, 2.05) is 83.5 Å². The van der Waals surface area contributed by atoms with Crippen molar-refractivity contribution in [3.8, 4) is 23.7 Å². The smallest absolute Gasteiger partial charge is 0.0352 e. The van der Waals surface area contributed by atoms with Gasteiger partial charge in [0.05, 0.1) is 0 Å². The van der Waals surface area contributed by atoms with Crippen molar-refractivity contribution in [3.05, 3.63) is 58.8 Å². The Kier molecular flexibility index (Phi) is 27.4. The summed E-state index contributed by atoms with van der Waals surface area (Å²) >= 11 is 1.68. The molecule has 0 aromatic carbocycles. The lowest BCUT2D eigenvalue weighted by molar-refractivity contribution is 1.50. The molecule has 0 aliphatic carbocycles. The zero-order valence-corrected chi connectivity index (χ0v) is 16.0. The number of allylic oxidation sites excluding steroid dienone is 5. The number of rotatable bonds is 2. The summed E-state index contributed by atoms with van der Waals surface area (Å²) < 4.78 is 0. The Hall–Kier alpha value is -1.96. The molecule has 0 unspecified atom stereocenters. The van der Waals surface area contributed by atoms with Crippen molar-refractivity contribution in [3.63, 3.8) is 0 Å². The normalized spacial score (nSPS) is 8.23. The topological polar surface area (TPSA) is 0 Å². The Balaban J connectivity index is -0.000000270. The summed E-state index contributed by atoms with van der Waals surface area (Å²) in [6, 6.07) is 2.02. The van der Waals surface area contributed by atoms with Crippen LogP contribution < -0.4 is 0 Å². The summed E-state index contributed by atoms with van der Waals surface area (Å²) in [7, 11) is 0. The summed E-state index contributed by atoms with van der Waals surface area (Å²) in [5.41, 5.74) is 2.12. The van der Waals surface area contributed by atoms with Crippen LogP contribution in [0.2, 0.25) is 0 Å². The zero-order chi connectivity index (χ0) is 17.6. The SMILES string of the molecule is C=C/C=C(C#CC)\C=C/C.CC.CC.CC#Cc1ccsc1. The van der Waals surface area contributed by atoms with E-state index >= 15 is 0 Å². The van der Waals surface area contributed by atoms with Gasteiger partial charge in [-0.1, -0.05) is 64.3 Å². The lowest BCUT2D eigenvalue weighted by Crippen LogP contribution is -1.68. The molecule has 0 radical (unpaired) electrons. The van der Waals surface area contributed by atoms with Crippen molar-refractivity contribution in [1.82, 2.24) is 0 Å². The predicted molar refractivity (Wildman–Crippen MR) is 106 cm³/mol. The van der Waals surface area contributed by atoms with Gasteiger partial charge in [0.15, 0.2) is 0 Å². The molecule has 1 aromatic heterocycles. The molecule has 0 bridgehead atoms. The number of hydrogen-bond acceptors (Lipinski definition) is 1. The van der Waals surface area contributed by atoms with Gasteiger partial charge < -0.3 is 0 Å². The molecule has 0 saturated heterocycles. The fourth-order valence-electron chi connectivity index (χ4n) is 1.07. The van der Waals surface area contributed by atoms with E-state index in [1.54, 1.807) is 17.4 Å². The van der Waals surface area contributed by atoms with Crippen LogP contribution in [0.15, 0.2) is 53.3 Å². The standard InChI is InChI=1S/C10H12.C7H6S.2C2H6/c1-4-7-10(8-5-2)9-6-3;1-2-3-7-4-5-8-6-7;2*1-2/h4-5,7-8H,1H2,2-3H3;4-6H,1H3;2*1-2H3/b8-5-,10-7+;;;. The van der Waals surface area contributed by atoms with Crippen LogP contribution in [0.1, 0.15) is 54.0 Å². The zero-order valence-electron chi connectivity index (χ0n) is 15.2. The maximum absolute atomic E-state index is 3.59. The molecule has 0 atom stereocenters. The second kappa shape index (κ2) is 24.1. The van der Waals surface area contributed by atoms with Gasteiger partial charge in [0, 0.05) is 16.5 Å². The van der Waals surface area contributed by atoms with E-state index in [0.717, 1.165) is 11.1 Å². The van der Waals surface area contributed by atoms with E-state index in [-0.39, 0.29) is 0 Å². The summed E-state index contributed by atoms with van der Waals surface area (Å²) in [5, 5.41) is 4.07. The molecule has 1 heteroatoms. The Morgan fingerprint density at radius 3 is 2.14 bits per heavy atom. The molecule has 0 nitrogen and oxygen atoms in total. The molecule has 22 heavy (non-hydrogen) atoms. The highest BCUT2D eigenvalue weighted by Gasteiger charge is 1.80. The lowest BCUT2D eigenvalue weighted by atomic mass is 10.2. The molecule has 0 aliphatic rings. The minimum Gasteiger partial charge on any atom is -0.151 e. The van der Waals surface area contributed by atoms with Crippen LogP contribution in [0.5, 0.6) is 0 Å². The Bertz CT molecular complexity index is 506. The average molecular weight is 315 g/mol. The van der Waals surface area contributed by atoms with Gasteiger partial charge in [-0.25, -0.2) is 0 Å². The molecule has 0 N–H and O–H groups in total. The van der Waals surface area contributed by atoms with Crippen LogP contribution in [0, 0.1) is 23.7 Å². The van der Waals surface area contributed by atoms with Crippen molar-refractivity contribution in [2.24, 2.45) is 0 Å². The van der Waals surface area contributed by atoms with E-state index in [2.05, 4.69) is 30.3 Å². The van der Waals surface area contributed by atoms with E-state index in [1.165, 1.54) is 0 Å². The highest BCUT2D eigenvalue weighted by Crippen LogP contribution is 2.02. The molecule has 1 heterocycles. The molecule has 0 spiro atoms. The summed E-state index contributed by atoms with van der Waals surface area (Å²) in [6.07, 6.45) is 7.54. The Labute approximate surface area is 142 Å². The first-order valence-corrected chi connectivity index (χ1v) is 8.55. The van der Waals surface area contributed by atoms with Crippen molar-refractivity contribution in [2.75, 3.05) is 0 Å². The predicted octanol–water partition coefficient (Wildman–Crippen LogP) is 6.87. The highest BCUT2D eigenvalue weighted by atomic mass is 32.1. The monoisotopic (exact) mass is 314 g/mol. The van der Waals surface area contributed by atoms with Crippen LogP contribution in [0.4, 0.5) is 0 Å². The fraction of sp³-hybridized carbons (Fsp3) is 0.333. The fourth-order valence-corrected chi connectivity index (χ4v) is 1.66. The second-order valence-electron chi connectivity index (χ2n) is 3.12. The van der Waals surface area contributed by atoms with Crippen molar-refractivity contribution in [1.29, 1.82) is 0 Å². The molecular weight excluding hydrogens is 284 g/mol. The highest BCUT2D eigenvalue weighted by molar-refractivity contribution is 7.08. The van der Waals surface area contributed by atoms with Crippen LogP contribution >= 0.6 is 11.3 Å². The molecule has 0 aliphatic heterocycles. The molecule has 1 aromatic rings. The van der Waals surface area contributed by atoms with Gasteiger partial charge in [-0.3, -0.25) is 0 Å². The summed E-state index contributed by atoms with van der Waals surface area (Å²) in [5.74, 6) is 11.5. The van der Waals surface area contributed by atoms with Crippen molar-refractivity contribution >= 4 is 11.3 Å². The van der Waals surface area contributed by atoms with Gasteiger partial charge in [-0.2, -0.15) is 11.3 Å². The first kappa shape index (κ1) is 25.0. The van der Waals surface area contributed by atoms with Gasteiger partial charge in [-0.05, 0) is 38.3 Å². The van der Waals surface area contributed by atoms with Gasteiger partial charge in [0.25, 0.3) is 0 Å². The molecule has 0 fully saturated rings. The van der Waals surface area contributed by atoms with Crippen LogP contribution in [-0.2, 0) is 0 Å². The van der Waals surface area contributed by atoms with Crippen molar-refractivity contribution < 1.29 is 0 Å². The largest absolute Gasteiger partial charge is 0.151 e. The Morgan fingerprint density at radius 1 is 1.14 bits per heavy atom. The van der Waals surface area contributed by atoms with Gasteiger partial charge >= 0.3 is 0 Å². The Morgan fingerprint density at radius 2 is 1.77 bits per heavy atom. The van der Waals surface area contributed by atoms with Gasteiger partial charge in [0.2, 0.25) is 0 Å². The maximum Gasteiger partial charge on any atom is 0.0352 e. The van der Waals surface area contributed by atoms with E-state index in [4.69, 9.17) is 0 Å². The third kappa shape index (κ3) is 18.0. The van der Waals surface area contributed by atoms with Crippen LogP contribution in [-0.4, -0.2) is 0 Å². The van der Waals surface area contributed by atoms with Gasteiger partial charge in [-0.15, -0.1) is 11.8 Å². The maximum atomic E-state index is 3.59. The minimum absolute atomic E-state index is 1.00. The van der Waals surface area contributed by atoms with Gasteiger partial charge in [0.1, 0.15) is 0 Å². The number of thiophene rings is 1. The van der Waals surface area contributed by atoms with Crippen LogP contribution in [0.3, 0.4) is 0 Å². The van der Waals surface area contributed by atoms with E-state index in [0.29, 0.717) is 0 Å². The van der Waals surface area contributed by atoms with E-state index < -0.39 is 0 Å². The third-order valence-corrected chi connectivity index (χ3v) is 2.39. The molecule has 1 rings (SSSR count). The summed E-state index contributed by atoms with van der Waals surface area (Å²) in [4.78, 5) is 0. The first-order chi connectivity index (χ1) is 10.8. The quantitative estimate of drug-likeness (QED) is 0.412. The average Bonchev–Trinajstić information content (AvgIpc) is 3.06. The summed E-state index contributed by atoms with van der Waals surface area (Å²) in [6.45, 7) is 17.2. The molecule has 120 valence electrons. The molecular formula is C21H30S. The second-order valence-corrected chi connectivity index (χ2v) is 3.90. The number of hydrogen-bond donors (Lipinski definition) is 0. The first-order valence-electron chi connectivity index (χ1n) is 7.61. The molecule has 0 amide bonds. The van der Waals surface area contributed by atoms with E-state index in [9.17, 15) is 0 Å². The van der Waals surface area contributed by atoms with Crippen LogP contribution in [0.25, 0.3) is 0 Å². The lowest BCUT2D eigenvalue weighted by Gasteiger charge is -1.83.